The van der Waals surface area contributed by atoms with Gasteiger partial charge in [-0.3, -0.25) is 4.90 Å². The van der Waals surface area contributed by atoms with Crippen LogP contribution in [-0.2, 0) is 17.9 Å². The highest BCUT2D eigenvalue weighted by Gasteiger charge is 2.20. The van der Waals surface area contributed by atoms with Gasteiger partial charge in [0.15, 0.2) is 0 Å². The number of nitrogens with one attached hydrogen (secondary N) is 1. The second-order valence-corrected chi connectivity index (χ2v) is 8.69. The molecule has 0 spiro atoms. The predicted octanol–water partition coefficient (Wildman–Crippen LogP) is 4.86. The van der Waals surface area contributed by atoms with Crippen molar-refractivity contribution in [2.24, 2.45) is 0 Å². The van der Waals surface area contributed by atoms with Gasteiger partial charge in [0.1, 0.15) is 0 Å². The van der Waals surface area contributed by atoms with Gasteiger partial charge in [0, 0.05) is 36.2 Å². The molecule has 0 unspecified atom stereocenters. The molecule has 1 aromatic heterocycles. The second kappa shape index (κ2) is 8.31. The lowest BCUT2D eigenvalue weighted by Crippen LogP contribution is -2.21. The van der Waals surface area contributed by atoms with E-state index in [-0.39, 0.29) is 6.10 Å². The van der Waals surface area contributed by atoms with Crippen LogP contribution in [0, 0.1) is 0 Å². The molecule has 29 heavy (non-hydrogen) atoms. The number of nitrogens with zero attached hydrogens (tertiary/aromatic N) is 1. The van der Waals surface area contributed by atoms with Crippen LogP contribution in [0.4, 0.5) is 0 Å². The molecular formula is C25H30N2O2. The van der Waals surface area contributed by atoms with Crippen LogP contribution in [-0.4, -0.2) is 40.3 Å². The van der Waals surface area contributed by atoms with E-state index in [0.717, 1.165) is 26.1 Å². The van der Waals surface area contributed by atoms with Gasteiger partial charge in [0.2, 0.25) is 0 Å². The molecule has 4 heteroatoms. The van der Waals surface area contributed by atoms with E-state index in [2.05, 4.69) is 58.4 Å². The number of hydrogen-bond acceptors (Lipinski definition) is 3. The Morgan fingerprint density at radius 2 is 1.86 bits per heavy atom. The zero-order chi connectivity index (χ0) is 19.6. The largest absolute Gasteiger partial charge is 0.392 e. The first kappa shape index (κ1) is 18.9. The second-order valence-electron chi connectivity index (χ2n) is 8.69. The van der Waals surface area contributed by atoms with Gasteiger partial charge in [0.25, 0.3) is 0 Å². The first-order chi connectivity index (χ1) is 14.2. The number of rotatable bonds is 6. The lowest BCUT2D eigenvalue weighted by Gasteiger charge is -2.12. The Morgan fingerprint density at radius 3 is 2.69 bits per heavy atom. The van der Waals surface area contributed by atoms with E-state index in [1.165, 1.54) is 59.0 Å². The minimum absolute atomic E-state index is 0.170. The van der Waals surface area contributed by atoms with E-state index < -0.39 is 0 Å². The van der Waals surface area contributed by atoms with Crippen LogP contribution < -0.4 is 0 Å². The third-order valence-corrected chi connectivity index (χ3v) is 6.37. The SMILES string of the molecule is O[C@H]1CCN(Cc2cc3cc(-c4cccc(COC5CCCC5)c4)ccc3[nH]2)C1. The fourth-order valence-electron chi connectivity index (χ4n) is 4.76. The summed E-state index contributed by atoms with van der Waals surface area (Å²) in [6, 6.07) is 17.6. The zero-order valence-electron chi connectivity index (χ0n) is 16.9. The van der Waals surface area contributed by atoms with Gasteiger partial charge in [-0.05, 0) is 60.2 Å². The highest BCUT2D eigenvalue weighted by Crippen LogP contribution is 2.27. The molecule has 1 saturated heterocycles. The summed E-state index contributed by atoms with van der Waals surface area (Å²) in [5.41, 5.74) is 6.11. The zero-order valence-corrected chi connectivity index (χ0v) is 16.9. The Morgan fingerprint density at radius 1 is 1.00 bits per heavy atom. The van der Waals surface area contributed by atoms with Crippen LogP contribution in [0.2, 0.25) is 0 Å². The number of aromatic nitrogens is 1. The topological polar surface area (TPSA) is 48.5 Å². The standard InChI is InChI=1S/C25H30N2O2/c28-23-10-11-27(16-23)15-22-14-21-13-20(8-9-25(21)26-22)19-5-3-4-18(12-19)17-29-24-6-1-2-7-24/h3-5,8-9,12-14,23-24,26,28H,1-2,6-7,10-11,15-17H2/t23-/m0/s1. The molecule has 3 aromatic rings. The molecule has 1 aliphatic carbocycles. The van der Waals surface area contributed by atoms with Crippen LogP contribution >= 0.6 is 0 Å². The van der Waals surface area contributed by atoms with E-state index in [1.807, 2.05) is 0 Å². The first-order valence-electron chi connectivity index (χ1n) is 11.0. The number of β-amino-alcohol motifs (C(OH)–C–C–N with tert-alkyl or cyclic N) is 1. The van der Waals surface area contributed by atoms with Crippen molar-refractivity contribution in [1.82, 2.24) is 9.88 Å². The van der Waals surface area contributed by atoms with Crippen molar-refractivity contribution in [3.05, 3.63) is 59.8 Å². The molecule has 0 radical (unpaired) electrons. The number of benzene rings is 2. The third-order valence-electron chi connectivity index (χ3n) is 6.37. The Bertz CT molecular complexity index is 974. The minimum atomic E-state index is -0.170. The monoisotopic (exact) mass is 390 g/mol. The molecule has 1 atom stereocenters. The van der Waals surface area contributed by atoms with Crippen molar-refractivity contribution in [1.29, 1.82) is 0 Å². The van der Waals surface area contributed by atoms with Crippen molar-refractivity contribution in [3.8, 4) is 11.1 Å². The van der Waals surface area contributed by atoms with Crippen molar-refractivity contribution >= 4 is 10.9 Å². The smallest absolute Gasteiger partial charge is 0.0720 e. The van der Waals surface area contributed by atoms with Gasteiger partial charge in [-0.1, -0.05) is 37.1 Å². The number of ether oxygens (including phenoxy) is 1. The number of H-pyrrole nitrogens is 1. The molecule has 2 heterocycles. The van der Waals surface area contributed by atoms with E-state index in [4.69, 9.17) is 4.74 Å². The van der Waals surface area contributed by atoms with Crippen molar-refractivity contribution in [2.75, 3.05) is 13.1 Å². The third kappa shape index (κ3) is 4.40. The van der Waals surface area contributed by atoms with Crippen LogP contribution in [0.3, 0.4) is 0 Å². The Balaban J connectivity index is 1.31. The average Bonchev–Trinajstić information content (AvgIpc) is 3.47. The van der Waals surface area contributed by atoms with Crippen LogP contribution in [0.1, 0.15) is 43.4 Å². The van der Waals surface area contributed by atoms with E-state index >= 15 is 0 Å². The van der Waals surface area contributed by atoms with Gasteiger partial charge >= 0.3 is 0 Å². The fourth-order valence-corrected chi connectivity index (χ4v) is 4.76. The van der Waals surface area contributed by atoms with Crippen molar-refractivity contribution in [2.45, 2.75) is 57.5 Å². The summed E-state index contributed by atoms with van der Waals surface area (Å²) < 4.78 is 6.10. The highest BCUT2D eigenvalue weighted by atomic mass is 16.5. The van der Waals surface area contributed by atoms with Gasteiger partial charge in [-0.15, -0.1) is 0 Å². The van der Waals surface area contributed by atoms with Crippen molar-refractivity contribution < 1.29 is 9.84 Å². The number of hydrogen-bond donors (Lipinski definition) is 2. The molecule has 1 saturated carbocycles. The molecule has 0 bridgehead atoms. The summed E-state index contributed by atoms with van der Waals surface area (Å²) in [7, 11) is 0. The van der Waals surface area contributed by atoms with Gasteiger partial charge in [-0.2, -0.15) is 0 Å². The van der Waals surface area contributed by atoms with Crippen LogP contribution in [0.5, 0.6) is 0 Å². The Kier molecular flexibility index (Phi) is 5.40. The molecule has 152 valence electrons. The summed E-state index contributed by atoms with van der Waals surface area (Å²) in [6.07, 6.45) is 6.20. The van der Waals surface area contributed by atoms with Gasteiger partial charge in [-0.25, -0.2) is 0 Å². The quantitative estimate of drug-likeness (QED) is 0.632. The molecule has 1 aliphatic heterocycles. The number of aliphatic hydroxyl groups excluding tert-OH is 1. The average molecular weight is 391 g/mol. The number of likely N-dealkylation sites (tertiary alicyclic amines) is 1. The molecule has 2 aliphatic rings. The van der Waals surface area contributed by atoms with Crippen LogP contribution in [0.25, 0.3) is 22.0 Å². The highest BCUT2D eigenvalue weighted by molar-refractivity contribution is 5.86. The normalized spacial score (nSPS) is 20.8. The maximum absolute atomic E-state index is 9.74. The number of aliphatic hydroxyl groups is 1. The van der Waals surface area contributed by atoms with Crippen molar-refractivity contribution in [3.63, 3.8) is 0 Å². The molecule has 0 amide bonds. The molecule has 4 nitrogen and oxygen atoms in total. The van der Waals surface area contributed by atoms with E-state index in [9.17, 15) is 5.11 Å². The van der Waals surface area contributed by atoms with E-state index in [1.54, 1.807) is 0 Å². The summed E-state index contributed by atoms with van der Waals surface area (Å²) in [5, 5.41) is 11.0. The molecule has 2 N–H and O–H groups in total. The van der Waals surface area contributed by atoms with Gasteiger partial charge in [0.05, 0.1) is 18.8 Å². The Hall–Kier alpha value is -2.14. The first-order valence-corrected chi connectivity index (χ1v) is 11.0. The lowest BCUT2D eigenvalue weighted by molar-refractivity contribution is 0.0457. The molecule has 2 fully saturated rings. The summed E-state index contributed by atoms with van der Waals surface area (Å²) in [6.45, 7) is 3.32. The molecule has 2 aromatic carbocycles. The minimum Gasteiger partial charge on any atom is -0.392 e. The Labute approximate surface area is 172 Å². The maximum Gasteiger partial charge on any atom is 0.0720 e. The number of fused-ring (bicyclic) bond motifs is 1. The predicted molar refractivity (Wildman–Crippen MR) is 117 cm³/mol. The molecular weight excluding hydrogens is 360 g/mol. The summed E-state index contributed by atoms with van der Waals surface area (Å²) >= 11 is 0. The lowest BCUT2D eigenvalue weighted by atomic mass is 10.0. The summed E-state index contributed by atoms with van der Waals surface area (Å²) in [5.74, 6) is 0. The van der Waals surface area contributed by atoms with E-state index in [0.29, 0.717) is 12.7 Å². The van der Waals surface area contributed by atoms with Crippen LogP contribution in [0.15, 0.2) is 48.5 Å². The maximum atomic E-state index is 9.74. The molecule has 5 rings (SSSR count). The summed E-state index contributed by atoms with van der Waals surface area (Å²) in [4.78, 5) is 5.85. The van der Waals surface area contributed by atoms with Gasteiger partial charge < -0.3 is 14.8 Å². The number of aromatic amines is 1. The fraction of sp³-hybridized carbons (Fsp3) is 0.440.